The lowest BCUT2D eigenvalue weighted by Gasteiger charge is -2.15. The van der Waals surface area contributed by atoms with Crippen LogP contribution in [0.5, 0.6) is 0 Å². The molecule has 1 amide bonds. The number of anilines is 1. The third-order valence-corrected chi connectivity index (χ3v) is 7.60. The number of nitrogens with one attached hydrogen (secondary N) is 2. The van der Waals surface area contributed by atoms with Crippen LogP contribution in [0.25, 0.3) is 0 Å². The first kappa shape index (κ1) is 24.0. The molecule has 0 bridgehead atoms. The van der Waals surface area contributed by atoms with E-state index in [0.29, 0.717) is 23.4 Å². The van der Waals surface area contributed by atoms with Gasteiger partial charge in [-0.05, 0) is 80.2 Å². The highest BCUT2D eigenvalue weighted by Gasteiger charge is 2.19. The van der Waals surface area contributed by atoms with Crippen LogP contribution in [-0.4, -0.2) is 32.3 Å². The first-order valence-corrected chi connectivity index (χ1v) is 13.1. The number of hydrogen-bond acceptors (Lipinski definition) is 4. The van der Waals surface area contributed by atoms with Gasteiger partial charge in [-0.25, -0.2) is 8.42 Å². The highest BCUT2D eigenvalue weighted by molar-refractivity contribution is 7.92. The zero-order valence-corrected chi connectivity index (χ0v) is 20.5. The van der Waals surface area contributed by atoms with E-state index in [1.54, 1.807) is 25.1 Å². The Bertz CT molecular complexity index is 1260. The molecule has 0 spiro atoms. The predicted octanol–water partition coefficient (Wildman–Crippen LogP) is 4.63. The average Bonchev–Trinajstić information content (AvgIpc) is 3.33. The summed E-state index contributed by atoms with van der Waals surface area (Å²) in [5, 5.41) is 2.92. The summed E-state index contributed by atoms with van der Waals surface area (Å²) in [6.07, 6.45) is 2.54. The Morgan fingerprint density at radius 3 is 2.26 bits per heavy atom. The molecule has 7 heteroatoms. The van der Waals surface area contributed by atoms with Gasteiger partial charge in [-0.15, -0.1) is 0 Å². The fraction of sp³-hybridized carbons (Fsp3) is 0.296. The largest absolute Gasteiger partial charge is 0.348 e. The van der Waals surface area contributed by atoms with E-state index in [1.165, 1.54) is 30.5 Å². The van der Waals surface area contributed by atoms with E-state index in [-0.39, 0.29) is 10.8 Å². The van der Waals surface area contributed by atoms with Crippen molar-refractivity contribution in [2.45, 2.75) is 44.7 Å². The van der Waals surface area contributed by atoms with Gasteiger partial charge >= 0.3 is 0 Å². The minimum absolute atomic E-state index is 0.0535. The first-order valence-electron chi connectivity index (χ1n) is 11.6. The van der Waals surface area contributed by atoms with Gasteiger partial charge in [0.2, 0.25) is 0 Å². The normalized spacial score (nSPS) is 14.2. The third-order valence-electron chi connectivity index (χ3n) is 6.23. The summed E-state index contributed by atoms with van der Waals surface area (Å²) in [6.45, 7) is 7.29. The molecule has 0 atom stereocenters. The van der Waals surface area contributed by atoms with E-state index in [0.717, 1.165) is 30.8 Å². The van der Waals surface area contributed by atoms with Gasteiger partial charge in [-0.2, -0.15) is 0 Å². The smallest absolute Gasteiger partial charge is 0.261 e. The van der Waals surface area contributed by atoms with Gasteiger partial charge in [0.05, 0.1) is 10.6 Å². The van der Waals surface area contributed by atoms with E-state index >= 15 is 0 Å². The van der Waals surface area contributed by atoms with Crippen LogP contribution in [0.3, 0.4) is 0 Å². The van der Waals surface area contributed by atoms with Gasteiger partial charge in [0.15, 0.2) is 0 Å². The molecule has 0 aliphatic carbocycles. The van der Waals surface area contributed by atoms with E-state index < -0.39 is 10.0 Å². The molecule has 1 aliphatic heterocycles. The maximum absolute atomic E-state index is 12.9. The lowest BCUT2D eigenvalue weighted by Crippen LogP contribution is -2.24. The van der Waals surface area contributed by atoms with E-state index in [9.17, 15) is 13.2 Å². The number of nitrogens with zero attached hydrogens (tertiary/aromatic N) is 1. The van der Waals surface area contributed by atoms with Crippen LogP contribution in [0, 0.1) is 13.8 Å². The number of aryl methyl sites for hydroxylation is 2. The molecular formula is C27H31N3O3S. The van der Waals surface area contributed by atoms with Crippen LogP contribution in [0.4, 0.5) is 5.69 Å². The highest BCUT2D eigenvalue weighted by atomic mass is 32.2. The second-order valence-corrected chi connectivity index (χ2v) is 10.6. The van der Waals surface area contributed by atoms with Crippen LogP contribution in [0.2, 0.25) is 0 Å². The summed E-state index contributed by atoms with van der Waals surface area (Å²) in [7, 11) is -3.82. The van der Waals surface area contributed by atoms with Crippen molar-refractivity contribution in [2.24, 2.45) is 0 Å². The molecule has 0 radical (unpaired) electrons. The standard InChI is InChI=1S/C27H31N3O3S/c1-20-9-14-24(34(32,33)29-26-8-4-3-7-21(26)2)17-25(20)27(31)28-18-22-10-12-23(13-11-22)19-30-15-5-6-16-30/h3-4,7-14,17,29H,5-6,15-16,18-19H2,1-2H3,(H,28,31). The van der Waals surface area contributed by atoms with Crippen LogP contribution >= 0.6 is 0 Å². The zero-order valence-electron chi connectivity index (χ0n) is 19.7. The number of amides is 1. The number of carbonyl (C=O) groups is 1. The summed E-state index contributed by atoms with van der Waals surface area (Å²) in [5.41, 5.74) is 4.67. The van der Waals surface area contributed by atoms with E-state index in [2.05, 4.69) is 27.1 Å². The van der Waals surface area contributed by atoms with Gasteiger partial charge in [0.25, 0.3) is 15.9 Å². The molecular weight excluding hydrogens is 446 g/mol. The van der Waals surface area contributed by atoms with Gasteiger partial charge in [-0.1, -0.05) is 48.5 Å². The van der Waals surface area contributed by atoms with Crippen molar-refractivity contribution >= 4 is 21.6 Å². The van der Waals surface area contributed by atoms with Crippen molar-refractivity contribution < 1.29 is 13.2 Å². The molecule has 1 heterocycles. The minimum Gasteiger partial charge on any atom is -0.348 e. The van der Waals surface area contributed by atoms with Crippen LogP contribution < -0.4 is 10.0 Å². The highest BCUT2D eigenvalue weighted by Crippen LogP contribution is 2.22. The Hall–Kier alpha value is -3.16. The topological polar surface area (TPSA) is 78.5 Å². The quantitative estimate of drug-likeness (QED) is 0.496. The molecule has 34 heavy (non-hydrogen) atoms. The van der Waals surface area contributed by atoms with Crippen molar-refractivity contribution in [2.75, 3.05) is 17.8 Å². The van der Waals surface area contributed by atoms with Gasteiger partial charge in [-0.3, -0.25) is 14.4 Å². The SMILES string of the molecule is Cc1ccccc1NS(=O)(=O)c1ccc(C)c(C(=O)NCc2ccc(CN3CCCC3)cc2)c1. The monoisotopic (exact) mass is 477 g/mol. The second-order valence-electron chi connectivity index (χ2n) is 8.88. The summed E-state index contributed by atoms with van der Waals surface area (Å²) in [4.78, 5) is 15.4. The molecule has 178 valence electrons. The number of para-hydroxylation sites is 1. The Balaban J connectivity index is 1.42. The Morgan fingerprint density at radius 1 is 0.882 bits per heavy atom. The van der Waals surface area contributed by atoms with E-state index in [4.69, 9.17) is 0 Å². The number of rotatable bonds is 8. The summed E-state index contributed by atoms with van der Waals surface area (Å²) in [5.74, 6) is -0.299. The van der Waals surface area contributed by atoms with Gasteiger partial charge < -0.3 is 5.32 Å². The Labute approximate surface area is 202 Å². The van der Waals surface area contributed by atoms with E-state index in [1.807, 2.05) is 31.2 Å². The molecule has 4 rings (SSSR count). The van der Waals surface area contributed by atoms with Gasteiger partial charge in [0.1, 0.15) is 0 Å². The number of carbonyl (C=O) groups excluding carboxylic acids is 1. The molecule has 1 saturated heterocycles. The second kappa shape index (κ2) is 10.4. The fourth-order valence-corrected chi connectivity index (χ4v) is 5.30. The molecule has 3 aromatic carbocycles. The summed E-state index contributed by atoms with van der Waals surface area (Å²) >= 11 is 0. The molecule has 0 aromatic heterocycles. The molecule has 0 unspecified atom stereocenters. The molecule has 2 N–H and O–H groups in total. The first-order chi connectivity index (χ1) is 16.3. The maximum atomic E-state index is 12.9. The fourth-order valence-electron chi connectivity index (χ4n) is 4.14. The third kappa shape index (κ3) is 5.85. The maximum Gasteiger partial charge on any atom is 0.261 e. The average molecular weight is 478 g/mol. The number of sulfonamides is 1. The minimum atomic E-state index is -3.82. The number of benzene rings is 3. The summed E-state index contributed by atoms with van der Waals surface area (Å²) < 4.78 is 28.5. The van der Waals surface area contributed by atoms with Crippen LogP contribution in [0.1, 0.15) is 45.5 Å². The van der Waals surface area contributed by atoms with Crippen molar-refractivity contribution in [1.82, 2.24) is 10.2 Å². The number of likely N-dealkylation sites (tertiary alicyclic amines) is 1. The molecule has 1 fully saturated rings. The van der Waals surface area contributed by atoms with Crippen LogP contribution in [0.15, 0.2) is 71.6 Å². The van der Waals surface area contributed by atoms with Crippen molar-refractivity contribution in [3.05, 3.63) is 94.5 Å². The Kier molecular flexibility index (Phi) is 7.34. The van der Waals surface area contributed by atoms with Crippen molar-refractivity contribution in [3.63, 3.8) is 0 Å². The lowest BCUT2D eigenvalue weighted by molar-refractivity contribution is 0.0950. The predicted molar refractivity (Wildman–Crippen MR) is 135 cm³/mol. The number of hydrogen-bond donors (Lipinski definition) is 2. The molecule has 6 nitrogen and oxygen atoms in total. The van der Waals surface area contributed by atoms with Gasteiger partial charge in [0, 0.05) is 18.7 Å². The van der Waals surface area contributed by atoms with Crippen molar-refractivity contribution in [3.8, 4) is 0 Å². The molecule has 3 aromatic rings. The van der Waals surface area contributed by atoms with Crippen LogP contribution in [-0.2, 0) is 23.1 Å². The Morgan fingerprint density at radius 2 is 1.56 bits per heavy atom. The zero-order chi connectivity index (χ0) is 24.1. The lowest BCUT2D eigenvalue weighted by atomic mass is 10.1. The molecule has 1 aliphatic rings. The van der Waals surface area contributed by atoms with Crippen molar-refractivity contribution in [1.29, 1.82) is 0 Å². The summed E-state index contributed by atoms with van der Waals surface area (Å²) in [6, 6.07) is 20.1. The molecule has 0 saturated carbocycles.